The van der Waals surface area contributed by atoms with E-state index >= 15 is 0 Å². The number of aryl methyl sites for hydroxylation is 1. The molecule has 1 aromatic rings. The summed E-state index contributed by atoms with van der Waals surface area (Å²) in [6.07, 6.45) is 0. The van der Waals surface area contributed by atoms with Crippen LogP contribution in [0, 0.1) is 13.8 Å². The summed E-state index contributed by atoms with van der Waals surface area (Å²) in [5, 5.41) is 9.88. The first kappa shape index (κ1) is 8.21. The van der Waals surface area contributed by atoms with Gasteiger partial charge in [0.05, 0.1) is 10.7 Å². The minimum Gasteiger partial charge on any atom is -0.505 e. The molecule has 0 aromatic heterocycles. The van der Waals surface area contributed by atoms with Gasteiger partial charge in [0, 0.05) is 5.56 Å². The third-order valence-corrected chi connectivity index (χ3v) is 2.26. The van der Waals surface area contributed by atoms with Crippen LogP contribution in [0.5, 0.6) is 5.75 Å². The van der Waals surface area contributed by atoms with E-state index in [4.69, 9.17) is 17.3 Å². The number of phenolic OH excluding ortho intramolecular Hbond substituents is 1. The molecule has 0 saturated carbocycles. The molecule has 0 aliphatic heterocycles. The summed E-state index contributed by atoms with van der Waals surface area (Å²) in [5.41, 5.74) is 7.39. The fraction of sp³-hybridized carbons (Fsp3) is 0.250. The number of nitrogens with two attached hydrogens (primary N) is 1. The molecule has 0 spiro atoms. The molecule has 0 aliphatic carbocycles. The van der Waals surface area contributed by atoms with Crippen molar-refractivity contribution in [2.75, 3.05) is 5.73 Å². The number of benzene rings is 1. The highest BCUT2D eigenvalue weighted by Crippen LogP contribution is 2.32. The van der Waals surface area contributed by atoms with Gasteiger partial charge in [-0.1, -0.05) is 11.6 Å². The molecule has 0 amide bonds. The smallest absolute Gasteiger partial charge is 0.142 e. The van der Waals surface area contributed by atoms with Crippen LogP contribution in [0.1, 0.15) is 11.1 Å². The average Bonchev–Trinajstić information content (AvgIpc) is 1.97. The second-order valence-electron chi connectivity index (χ2n) is 2.57. The quantitative estimate of drug-likeness (QED) is 0.465. The van der Waals surface area contributed by atoms with E-state index in [-0.39, 0.29) is 5.75 Å². The van der Waals surface area contributed by atoms with Crippen LogP contribution < -0.4 is 5.73 Å². The van der Waals surface area contributed by atoms with Crippen LogP contribution in [0.4, 0.5) is 5.69 Å². The van der Waals surface area contributed by atoms with Crippen molar-refractivity contribution in [3.05, 3.63) is 22.2 Å². The van der Waals surface area contributed by atoms with Gasteiger partial charge in [-0.2, -0.15) is 0 Å². The summed E-state index contributed by atoms with van der Waals surface area (Å²) < 4.78 is 0. The lowest BCUT2D eigenvalue weighted by Crippen LogP contribution is -1.90. The van der Waals surface area contributed by atoms with Gasteiger partial charge in [-0.05, 0) is 25.5 Å². The van der Waals surface area contributed by atoms with Crippen LogP contribution in [0.2, 0.25) is 5.02 Å². The number of anilines is 1. The largest absolute Gasteiger partial charge is 0.505 e. The molecule has 0 fully saturated rings. The zero-order valence-corrected chi connectivity index (χ0v) is 7.24. The normalized spacial score (nSPS) is 10.1. The SMILES string of the molecule is Cc1cc(N)c(O)c(C)c1Cl. The summed E-state index contributed by atoms with van der Waals surface area (Å²) in [6, 6.07) is 1.66. The van der Waals surface area contributed by atoms with Crippen LogP contribution in [0.25, 0.3) is 0 Å². The molecule has 0 radical (unpaired) electrons. The second-order valence-corrected chi connectivity index (χ2v) is 2.95. The second kappa shape index (κ2) is 2.62. The Hall–Kier alpha value is -0.890. The van der Waals surface area contributed by atoms with Crippen molar-refractivity contribution >= 4 is 17.3 Å². The predicted octanol–water partition coefficient (Wildman–Crippen LogP) is 2.24. The molecule has 0 saturated heterocycles. The average molecular weight is 172 g/mol. The number of phenols is 1. The van der Waals surface area contributed by atoms with E-state index in [0.717, 1.165) is 5.56 Å². The molecule has 0 unspecified atom stereocenters. The molecule has 1 rings (SSSR count). The Bertz CT molecular complexity index is 270. The van der Waals surface area contributed by atoms with Crippen molar-refractivity contribution in [2.45, 2.75) is 13.8 Å². The molecule has 0 aliphatic rings. The van der Waals surface area contributed by atoms with Gasteiger partial charge >= 0.3 is 0 Å². The maximum absolute atomic E-state index is 9.30. The van der Waals surface area contributed by atoms with Crippen LogP contribution >= 0.6 is 11.6 Å². The van der Waals surface area contributed by atoms with Gasteiger partial charge in [-0.3, -0.25) is 0 Å². The van der Waals surface area contributed by atoms with Gasteiger partial charge in [0.15, 0.2) is 0 Å². The lowest BCUT2D eigenvalue weighted by molar-refractivity contribution is 0.474. The number of aromatic hydroxyl groups is 1. The maximum atomic E-state index is 9.30. The Morgan fingerprint density at radius 3 is 2.55 bits per heavy atom. The monoisotopic (exact) mass is 171 g/mol. The molecule has 3 heteroatoms. The first-order valence-corrected chi connectivity index (χ1v) is 3.66. The van der Waals surface area contributed by atoms with Gasteiger partial charge in [0.2, 0.25) is 0 Å². The number of halogens is 1. The van der Waals surface area contributed by atoms with Crippen molar-refractivity contribution in [3.63, 3.8) is 0 Å². The maximum Gasteiger partial charge on any atom is 0.142 e. The third-order valence-electron chi connectivity index (χ3n) is 1.68. The number of rotatable bonds is 0. The van der Waals surface area contributed by atoms with Crippen LogP contribution in [-0.2, 0) is 0 Å². The highest BCUT2D eigenvalue weighted by molar-refractivity contribution is 6.32. The molecular weight excluding hydrogens is 162 g/mol. The van der Waals surface area contributed by atoms with Crippen molar-refractivity contribution in [1.29, 1.82) is 0 Å². The molecule has 0 heterocycles. The van der Waals surface area contributed by atoms with Gasteiger partial charge in [-0.25, -0.2) is 0 Å². The molecule has 2 nitrogen and oxygen atoms in total. The Kier molecular flexibility index (Phi) is 1.96. The Morgan fingerprint density at radius 1 is 1.45 bits per heavy atom. The molecule has 11 heavy (non-hydrogen) atoms. The molecule has 60 valence electrons. The third kappa shape index (κ3) is 1.26. The molecule has 0 atom stereocenters. The number of hydrogen-bond donors (Lipinski definition) is 2. The first-order valence-electron chi connectivity index (χ1n) is 3.28. The van der Waals surface area contributed by atoms with Crippen molar-refractivity contribution < 1.29 is 5.11 Å². The van der Waals surface area contributed by atoms with E-state index in [9.17, 15) is 5.11 Å². The fourth-order valence-corrected chi connectivity index (χ4v) is 1.13. The summed E-state index contributed by atoms with van der Waals surface area (Å²) in [5.74, 6) is 0.0839. The highest BCUT2D eigenvalue weighted by Gasteiger charge is 2.07. The first-order chi connectivity index (χ1) is 5.04. The van der Waals surface area contributed by atoms with Gasteiger partial charge in [0.25, 0.3) is 0 Å². The molecule has 3 N–H and O–H groups in total. The van der Waals surface area contributed by atoms with E-state index in [1.165, 1.54) is 0 Å². The summed E-state index contributed by atoms with van der Waals surface area (Å²) in [4.78, 5) is 0. The molecule has 1 aromatic carbocycles. The van der Waals surface area contributed by atoms with E-state index in [0.29, 0.717) is 16.3 Å². The minimum absolute atomic E-state index is 0.0839. The Morgan fingerprint density at radius 2 is 2.00 bits per heavy atom. The fourth-order valence-electron chi connectivity index (χ4n) is 0.981. The topological polar surface area (TPSA) is 46.2 Å². The zero-order chi connectivity index (χ0) is 8.59. The minimum atomic E-state index is 0.0839. The van der Waals surface area contributed by atoms with E-state index < -0.39 is 0 Å². The Balaban J connectivity index is 3.46. The van der Waals surface area contributed by atoms with E-state index in [1.54, 1.807) is 13.0 Å². The van der Waals surface area contributed by atoms with Crippen molar-refractivity contribution in [1.82, 2.24) is 0 Å². The number of hydrogen-bond acceptors (Lipinski definition) is 2. The van der Waals surface area contributed by atoms with Crippen LogP contribution in [-0.4, -0.2) is 5.11 Å². The lowest BCUT2D eigenvalue weighted by Gasteiger charge is -2.07. The lowest BCUT2D eigenvalue weighted by atomic mass is 10.1. The highest BCUT2D eigenvalue weighted by atomic mass is 35.5. The van der Waals surface area contributed by atoms with Crippen molar-refractivity contribution in [3.8, 4) is 5.75 Å². The standard InChI is InChI=1S/C8H10ClNO/c1-4-3-6(10)8(11)5(2)7(4)9/h3,11H,10H2,1-2H3. The summed E-state index contributed by atoms with van der Waals surface area (Å²) in [6.45, 7) is 3.59. The van der Waals surface area contributed by atoms with Crippen LogP contribution in [0.3, 0.4) is 0 Å². The van der Waals surface area contributed by atoms with Gasteiger partial charge in [0.1, 0.15) is 5.75 Å². The number of nitrogen functional groups attached to an aromatic ring is 1. The molecule has 0 bridgehead atoms. The van der Waals surface area contributed by atoms with E-state index in [2.05, 4.69) is 0 Å². The van der Waals surface area contributed by atoms with E-state index in [1.807, 2.05) is 6.92 Å². The van der Waals surface area contributed by atoms with Gasteiger partial charge in [-0.15, -0.1) is 0 Å². The summed E-state index contributed by atoms with van der Waals surface area (Å²) in [7, 11) is 0. The van der Waals surface area contributed by atoms with Crippen molar-refractivity contribution in [2.24, 2.45) is 0 Å². The zero-order valence-electron chi connectivity index (χ0n) is 6.48. The summed E-state index contributed by atoms with van der Waals surface area (Å²) >= 11 is 5.84. The van der Waals surface area contributed by atoms with Gasteiger partial charge < -0.3 is 10.8 Å². The van der Waals surface area contributed by atoms with Crippen LogP contribution in [0.15, 0.2) is 6.07 Å². The predicted molar refractivity (Wildman–Crippen MR) is 47.0 cm³/mol. The molecular formula is C8H10ClNO. The Labute approximate surface area is 70.6 Å².